The van der Waals surface area contributed by atoms with Crippen LogP contribution in [0.5, 0.6) is 11.5 Å². The molecule has 1 atom stereocenters. The van der Waals surface area contributed by atoms with Crippen molar-refractivity contribution in [3.8, 4) is 22.9 Å². The van der Waals surface area contributed by atoms with E-state index < -0.39 is 0 Å². The zero-order valence-corrected chi connectivity index (χ0v) is 13.9. The summed E-state index contributed by atoms with van der Waals surface area (Å²) >= 11 is 0. The second-order valence-corrected chi connectivity index (χ2v) is 6.13. The van der Waals surface area contributed by atoms with Gasteiger partial charge in [0.1, 0.15) is 12.7 Å². The summed E-state index contributed by atoms with van der Waals surface area (Å²) in [5, 5.41) is 14.1. The average molecular weight is 337 g/mol. The van der Waals surface area contributed by atoms with Crippen molar-refractivity contribution >= 4 is 0 Å². The standard InChI is InChI=1S/C18H19N5O2/c1-23(11-15-12-24-16-7-2-3-8-17(16)25-15)10-13-5-4-6-14(9-13)18-19-21-22-20-18/h2-9,15H,10-12H2,1H3,(H,19,20,21,22)/t15-/m1/s1. The number of likely N-dealkylation sites (N-methyl/N-ethyl adjacent to an activating group) is 1. The molecular weight excluding hydrogens is 318 g/mol. The van der Waals surface area contributed by atoms with Crippen LogP contribution in [0.25, 0.3) is 11.4 Å². The first-order valence-corrected chi connectivity index (χ1v) is 8.18. The van der Waals surface area contributed by atoms with Gasteiger partial charge >= 0.3 is 0 Å². The van der Waals surface area contributed by atoms with E-state index in [0.717, 1.165) is 30.2 Å². The van der Waals surface area contributed by atoms with Gasteiger partial charge in [-0.2, -0.15) is 5.21 Å². The number of hydrogen-bond donors (Lipinski definition) is 1. The number of tetrazole rings is 1. The van der Waals surface area contributed by atoms with Gasteiger partial charge in [0.15, 0.2) is 11.5 Å². The number of H-pyrrole nitrogens is 1. The Hall–Kier alpha value is -2.93. The fraction of sp³-hybridized carbons (Fsp3) is 0.278. The minimum atomic E-state index is 0.0142. The van der Waals surface area contributed by atoms with E-state index in [9.17, 15) is 0 Å². The van der Waals surface area contributed by atoms with Gasteiger partial charge in [-0.3, -0.25) is 4.90 Å². The van der Waals surface area contributed by atoms with Gasteiger partial charge in [0.2, 0.25) is 5.82 Å². The summed E-state index contributed by atoms with van der Waals surface area (Å²) in [6.07, 6.45) is 0.0142. The highest BCUT2D eigenvalue weighted by molar-refractivity contribution is 5.54. The molecule has 1 N–H and O–H groups in total. The summed E-state index contributed by atoms with van der Waals surface area (Å²) in [6.45, 7) is 2.14. The highest BCUT2D eigenvalue weighted by Gasteiger charge is 2.21. The summed E-state index contributed by atoms with van der Waals surface area (Å²) in [5.74, 6) is 2.23. The molecule has 3 aromatic rings. The predicted octanol–water partition coefficient (Wildman–Crippen LogP) is 2.14. The Balaban J connectivity index is 1.38. The fourth-order valence-corrected chi connectivity index (χ4v) is 2.97. The molecule has 2 aromatic carbocycles. The highest BCUT2D eigenvalue weighted by Crippen LogP contribution is 2.31. The van der Waals surface area contributed by atoms with E-state index in [1.807, 2.05) is 36.4 Å². The van der Waals surface area contributed by atoms with Crippen molar-refractivity contribution in [3.63, 3.8) is 0 Å². The molecule has 0 radical (unpaired) electrons. The van der Waals surface area contributed by atoms with Crippen LogP contribution in [-0.2, 0) is 6.54 Å². The molecule has 7 nitrogen and oxygen atoms in total. The van der Waals surface area contributed by atoms with Gasteiger partial charge in [-0.05, 0) is 36.0 Å². The third-order valence-corrected chi connectivity index (χ3v) is 4.07. The van der Waals surface area contributed by atoms with Crippen molar-refractivity contribution in [2.45, 2.75) is 12.6 Å². The topological polar surface area (TPSA) is 76.2 Å². The number of aromatic nitrogens is 4. The summed E-state index contributed by atoms with van der Waals surface area (Å²) < 4.78 is 11.8. The van der Waals surface area contributed by atoms with Gasteiger partial charge in [-0.1, -0.05) is 30.3 Å². The van der Waals surface area contributed by atoms with Crippen LogP contribution < -0.4 is 9.47 Å². The smallest absolute Gasteiger partial charge is 0.204 e. The number of benzene rings is 2. The number of nitrogens with zero attached hydrogens (tertiary/aromatic N) is 4. The largest absolute Gasteiger partial charge is 0.486 e. The van der Waals surface area contributed by atoms with E-state index in [4.69, 9.17) is 9.47 Å². The molecule has 1 aromatic heterocycles. The minimum absolute atomic E-state index is 0.0142. The van der Waals surface area contributed by atoms with Gasteiger partial charge in [-0.25, -0.2) is 0 Å². The maximum absolute atomic E-state index is 6.02. The molecule has 1 aliphatic heterocycles. The van der Waals surface area contributed by atoms with E-state index in [1.165, 1.54) is 5.56 Å². The maximum Gasteiger partial charge on any atom is 0.204 e. The van der Waals surface area contributed by atoms with Crippen LogP contribution >= 0.6 is 0 Å². The van der Waals surface area contributed by atoms with E-state index >= 15 is 0 Å². The zero-order valence-electron chi connectivity index (χ0n) is 13.9. The van der Waals surface area contributed by atoms with Crippen molar-refractivity contribution in [3.05, 3.63) is 54.1 Å². The second-order valence-electron chi connectivity index (χ2n) is 6.13. The summed E-state index contributed by atoms with van der Waals surface area (Å²) in [6, 6.07) is 15.9. The number of aromatic amines is 1. The third-order valence-electron chi connectivity index (χ3n) is 4.07. The van der Waals surface area contributed by atoms with Gasteiger partial charge < -0.3 is 9.47 Å². The molecule has 7 heteroatoms. The maximum atomic E-state index is 6.02. The van der Waals surface area contributed by atoms with Crippen LogP contribution in [0.2, 0.25) is 0 Å². The first kappa shape index (κ1) is 15.6. The SMILES string of the molecule is CN(Cc1cccc(-c2nn[nH]n2)c1)C[C@@H]1COc2ccccc2O1. The summed E-state index contributed by atoms with van der Waals surface area (Å²) in [7, 11) is 2.07. The van der Waals surface area contributed by atoms with Crippen LogP contribution in [0.1, 0.15) is 5.56 Å². The highest BCUT2D eigenvalue weighted by atomic mass is 16.6. The Morgan fingerprint density at radius 3 is 2.88 bits per heavy atom. The number of nitrogens with one attached hydrogen (secondary N) is 1. The molecule has 0 bridgehead atoms. The molecule has 2 heterocycles. The van der Waals surface area contributed by atoms with Gasteiger partial charge in [0.25, 0.3) is 0 Å². The fourth-order valence-electron chi connectivity index (χ4n) is 2.97. The Morgan fingerprint density at radius 2 is 2.04 bits per heavy atom. The normalized spacial score (nSPS) is 16.2. The van der Waals surface area contributed by atoms with Crippen molar-refractivity contribution in [1.82, 2.24) is 25.5 Å². The lowest BCUT2D eigenvalue weighted by atomic mass is 10.1. The van der Waals surface area contributed by atoms with Crippen LogP contribution in [0.15, 0.2) is 48.5 Å². The molecule has 25 heavy (non-hydrogen) atoms. The number of fused-ring (bicyclic) bond motifs is 1. The van der Waals surface area contributed by atoms with Crippen molar-refractivity contribution in [1.29, 1.82) is 0 Å². The number of ether oxygens (including phenoxy) is 2. The molecule has 0 unspecified atom stereocenters. The lowest BCUT2D eigenvalue weighted by Gasteiger charge is -2.29. The molecule has 128 valence electrons. The zero-order chi connectivity index (χ0) is 17.1. The summed E-state index contributed by atoms with van der Waals surface area (Å²) in [5.41, 5.74) is 2.13. The molecule has 0 amide bonds. The van der Waals surface area contributed by atoms with Crippen molar-refractivity contribution in [2.75, 3.05) is 20.2 Å². The van der Waals surface area contributed by atoms with Crippen LogP contribution in [0, 0.1) is 0 Å². The predicted molar refractivity (Wildman–Crippen MR) is 92.3 cm³/mol. The van der Waals surface area contributed by atoms with Crippen molar-refractivity contribution in [2.24, 2.45) is 0 Å². The lowest BCUT2D eigenvalue weighted by molar-refractivity contribution is 0.0638. The Labute approximate surface area is 145 Å². The first-order chi connectivity index (χ1) is 12.3. The van der Waals surface area contributed by atoms with E-state index in [-0.39, 0.29) is 6.10 Å². The lowest BCUT2D eigenvalue weighted by Crippen LogP contribution is -2.39. The number of para-hydroxylation sites is 2. The van der Waals surface area contributed by atoms with Crippen molar-refractivity contribution < 1.29 is 9.47 Å². The van der Waals surface area contributed by atoms with E-state index in [1.54, 1.807) is 0 Å². The van der Waals surface area contributed by atoms with Gasteiger partial charge in [0, 0.05) is 18.7 Å². The quantitative estimate of drug-likeness (QED) is 0.769. The van der Waals surface area contributed by atoms with Crippen LogP contribution in [0.3, 0.4) is 0 Å². The van der Waals surface area contributed by atoms with Crippen LogP contribution in [-0.4, -0.2) is 51.8 Å². The molecule has 0 fully saturated rings. The molecule has 0 spiro atoms. The first-order valence-electron chi connectivity index (χ1n) is 8.18. The van der Waals surface area contributed by atoms with E-state index in [0.29, 0.717) is 12.4 Å². The Morgan fingerprint density at radius 1 is 1.16 bits per heavy atom. The monoisotopic (exact) mass is 337 g/mol. The molecule has 4 rings (SSSR count). The molecule has 0 saturated heterocycles. The molecule has 0 aliphatic carbocycles. The van der Waals surface area contributed by atoms with Crippen LogP contribution in [0.4, 0.5) is 0 Å². The van der Waals surface area contributed by atoms with Gasteiger partial charge in [0.05, 0.1) is 0 Å². The Kier molecular flexibility index (Phi) is 4.30. The number of hydrogen-bond acceptors (Lipinski definition) is 6. The molecule has 0 saturated carbocycles. The van der Waals surface area contributed by atoms with E-state index in [2.05, 4.69) is 44.7 Å². The number of rotatable bonds is 5. The third kappa shape index (κ3) is 3.61. The average Bonchev–Trinajstić information content (AvgIpc) is 3.16. The molecule has 1 aliphatic rings. The second kappa shape index (κ2) is 6.90. The molecular formula is C18H19N5O2. The Bertz CT molecular complexity index is 837. The van der Waals surface area contributed by atoms with Gasteiger partial charge in [-0.15, -0.1) is 10.2 Å². The minimum Gasteiger partial charge on any atom is -0.486 e. The summed E-state index contributed by atoms with van der Waals surface area (Å²) in [4.78, 5) is 2.22.